The van der Waals surface area contributed by atoms with Crippen LogP contribution >= 0.6 is 23.2 Å². The van der Waals surface area contributed by atoms with E-state index >= 15 is 0 Å². The number of carbonyl (C=O) groups is 1. The van der Waals surface area contributed by atoms with Crippen molar-refractivity contribution in [3.8, 4) is 0 Å². The molecule has 0 amide bonds. The lowest BCUT2D eigenvalue weighted by atomic mass is 10.1. The van der Waals surface area contributed by atoms with Crippen LogP contribution in [0.5, 0.6) is 0 Å². The van der Waals surface area contributed by atoms with Crippen LogP contribution in [0.4, 0.5) is 17.6 Å². The molecule has 2 unspecified atom stereocenters. The highest BCUT2D eigenvalue weighted by Gasteiger charge is 2.29. The van der Waals surface area contributed by atoms with Gasteiger partial charge in [0.2, 0.25) is 11.9 Å². The Bertz CT molecular complexity index is 629. The molecule has 0 radical (unpaired) electrons. The summed E-state index contributed by atoms with van der Waals surface area (Å²) < 4.78 is 52.2. The summed E-state index contributed by atoms with van der Waals surface area (Å²) in [5, 5.41) is -3.22. The molecule has 0 N–H and O–H groups in total. The number of alkyl halides is 2. The minimum atomic E-state index is -1.61. The Morgan fingerprint density at radius 3 is 1.50 bits per heavy atom. The lowest BCUT2D eigenvalue weighted by Crippen LogP contribution is -2.16. The number of aromatic nitrogens is 2. The second-order valence-electron chi connectivity index (χ2n) is 4.19. The molecule has 0 saturated carbocycles. The van der Waals surface area contributed by atoms with Crippen LogP contribution in [0.3, 0.4) is 0 Å². The highest BCUT2D eigenvalue weighted by molar-refractivity contribution is 6.39. The van der Waals surface area contributed by atoms with Gasteiger partial charge in [-0.25, -0.2) is 18.7 Å². The van der Waals surface area contributed by atoms with Gasteiger partial charge in [0.1, 0.15) is 22.4 Å². The molecule has 0 spiro atoms. The molecular formula is C13H6Cl2F4N2O. The van der Waals surface area contributed by atoms with Gasteiger partial charge in [-0.3, -0.25) is 4.79 Å². The Morgan fingerprint density at radius 1 is 0.818 bits per heavy atom. The minimum Gasteiger partial charge on any atom is -0.295 e. The summed E-state index contributed by atoms with van der Waals surface area (Å²) in [6.07, 6.45) is 0. The predicted octanol–water partition coefficient (Wildman–Crippen LogP) is 3.86. The van der Waals surface area contributed by atoms with E-state index in [-0.39, 0.29) is 0 Å². The molecule has 3 nitrogen and oxygen atoms in total. The zero-order chi connectivity index (χ0) is 16.4. The summed E-state index contributed by atoms with van der Waals surface area (Å²) in [6, 6.07) is 2.50. The first kappa shape index (κ1) is 16.6. The zero-order valence-corrected chi connectivity index (χ0v) is 12.0. The van der Waals surface area contributed by atoms with Gasteiger partial charge in [0.15, 0.2) is 5.78 Å². The molecule has 22 heavy (non-hydrogen) atoms. The molecular weight excluding hydrogens is 347 g/mol. The Kier molecular flexibility index (Phi) is 4.97. The average molecular weight is 353 g/mol. The van der Waals surface area contributed by atoms with Crippen molar-refractivity contribution in [2.45, 2.75) is 10.8 Å². The van der Waals surface area contributed by atoms with E-state index in [2.05, 4.69) is 9.97 Å². The third kappa shape index (κ3) is 3.72. The van der Waals surface area contributed by atoms with Gasteiger partial charge in [-0.2, -0.15) is 8.78 Å². The smallest absolute Gasteiger partial charge is 0.216 e. The summed E-state index contributed by atoms with van der Waals surface area (Å²) in [6.45, 7) is 0. The van der Waals surface area contributed by atoms with Gasteiger partial charge >= 0.3 is 0 Å². The predicted molar refractivity (Wildman–Crippen MR) is 70.5 cm³/mol. The summed E-state index contributed by atoms with van der Waals surface area (Å²) >= 11 is 11.6. The van der Waals surface area contributed by atoms with E-state index < -0.39 is 51.5 Å². The Morgan fingerprint density at radius 2 is 1.18 bits per heavy atom. The van der Waals surface area contributed by atoms with Crippen LogP contribution in [-0.2, 0) is 4.79 Å². The van der Waals surface area contributed by atoms with Crippen LogP contribution in [0, 0.1) is 23.5 Å². The van der Waals surface area contributed by atoms with Crippen LogP contribution < -0.4 is 0 Å². The lowest BCUT2D eigenvalue weighted by Gasteiger charge is -2.13. The topological polar surface area (TPSA) is 42.9 Å². The molecule has 116 valence electrons. The molecule has 2 aromatic heterocycles. The van der Waals surface area contributed by atoms with Crippen LogP contribution in [-0.4, -0.2) is 15.8 Å². The minimum absolute atomic E-state index is 0.410. The SMILES string of the molecule is O=C(C(Cl)c1cc(F)cc(F)n1)C(Cl)c1cc(F)cc(F)n1. The van der Waals surface area contributed by atoms with Crippen LogP contribution in [0.25, 0.3) is 0 Å². The first-order valence-electron chi connectivity index (χ1n) is 5.76. The van der Waals surface area contributed by atoms with Crippen molar-refractivity contribution >= 4 is 29.0 Å². The maximum atomic E-state index is 13.1. The largest absolute Gasteiger partial charge is 0.295 e. The van der Waals surface area contributed by atoms with Gasteiger partial charge in [0, 0.05) is 12.1 Å². The van der Waals surface area contributed by atoms with E-state index in [4.69, 9.17) is 23.2 Å². The molecule has 0 aliphatic carbocycles. The fourth-order valence-corrected chi connectivity index (χ4v) is 2.19. The molecule has 0 bridgehead atoms. The molecule has 2 aromatic rings. The molecule has 0 aliphatic rings. The number of Topliss-reactive ketones (excluding diaryl/α,β-unsaturated/α-hetero) is 1. The first-order valence-corrected chi connectivity index (χ1v) is 6.63. The van der Waals surface area contributed by atoms with Gasteiger partial charge < -0.3 is 0 Å². The third-order valence-electron chi connectivity index (χ3n) is 2.58. The second-order valence-corrected chi connectivity index (χ2v) is 5.07. The Balaban J connectivity index is 2.29. The van der Waals surface area contributed by atoms with Crippen molar-refractivity contribution in [1.29, 1.82) is 0 Å². The van der Waals surface area contributed by atoms with E-state index in [1.807, 2.05) is 0 Å². The number of hydrogen-bond acceptors (Lipinski definition) is 3. The standard InChI is InChI=1S/C13H6Cl2F4N2O/c14-11(7-1-5(16)3-9(18)20-7)13(22)12(15)8-2-6(17)4-10(19)21-8/h1-4,11-12H. The van der Waals surface area contributed by atoms with Crippen molar-refractivity contribution in [3.63, 3.8) is 0 Å². The second kappa shape index (κ2) is 6.58. The number of nitrogens with zero attached hydrogens (tertiary/aromatic N) is 2. The molecule has 0 saturated heterocycles. The number of ketones is 1. The fraction of sp³-hybridized carbons (Fsp3) is 0.154. The number of rotatable bonds is 4. The molecule has 0 aliphatic heterocycles. The highest BCUT2D eigenvalue weighted by Crippen LogP contribution is 2.31. The number of carbonyl (C=O) groups excluding carboxylic acids is 1. The van der Waals surface area contributed by atoms with E-state index in [0.717, 1.165) is 12.1 Å². The first-order chi connectivity index (χ1) is 10.3. The third-order valence-corrected chi connectivity index (χ3v) is 3.45. The van der Waals surface area contributed by atoms with E-state index in [1.54, 1.807) is 0 Å². The lowest BCUT2D eigenvalue weighted by molar-refractivity contribution is -0.118. The van der Waals surface area contributed by atoms with Gasteiger partial charge in [0.25, 0.3) is 0 Å². The normalized spacial score (nSPS) is 13.7. The van der Waals surface area contributed by atoms with Crippen molar-refractivity contribution in [1.82, 2.24) is 9.97 Å². The molecule has 0 aromatic carbocycles. The maximum absolute atomic E-state index is 13.1. The highest BCUT2D eigenvalue weighted by atomic mass is 35.5. The number of hydrogen-bond donors (Lipinski definition) is 0. The summed E-state index contributed by atoms with van der Waals surface area (Å²) in [5.74, 6) is -5.29. The van der Waals surface area contributed by atoms with Crippen molar-refractivity contribution in [3.05, 3.63) is 59.2 Å². The monoisotopic (exact) mass is 352 g/mol. The Labute approximate surface area is 131 Å². The van der Waals surface area contributed by atoms with Gasteiger partial charge in [-0.05, 0) is 12.1 Å². The van der Waals surface area contributed by atoms with Gasteiger partial charge in [-0.15, -0.1) is 23.2 Å². The van der Waals surface area contributed by atoms with Crippen molar-refractivity contribution in [2.75, 3.05) is 0 Å². The summed E-state index contributed by atoms with van der Waals surface area (Å²) in [5.41, 5.74) is -0.821. The van der Waals surface area contributed by atoms with E-state index in [1.165, 1.54) is 0 Å². The summed E-state index contributed by atoms with van der Waals surface area (Å²) in [4.78, 5) is 18.6. The Hall–Kier alpha value is -1.73. The average Bonchev–Trinajstić information content (AvgIpc) is 2.42. The zero-order valence-electron chi connectivity index (χ0n) is 10.5. The number of pyridine rings is 2. The quantitative estimate of drug-likeness (QED) is 0.476. The van der Waals surface area contributed by atoms with Crippen molar-refractivity contribution in [2.24, 2.45) is 0 Å². The molecule has 9 heteroatoms. The summed E-state index contributed by atoms with van der Waals surface area (Å²) in [7, 11) is 0. The van der Waals surface area contributed by atoms with Crippen LogP contribution in [0.1, 0.15) is 22.1 Å². The van der Waals surface area contributed by atoms with Gasteiger partial charge in [-0.1, -0.05) is 0 Å². The number of halogens is 6. The van der Waals surface area contributed by atoms with E-state index in [0.29, 0.717) is 12.1 Å². The van der Waals surface area contributed by atoms with Gasteiger partial charge in [0.05, 0.1) is 11.4 Å². The van der Waals surface area contributed by atoms with E-state index in [9.17, 15) is 22.4 Å². The maximum Gasteiger partial charge on any atom is 0.216 e. The molecule has 0 fully saturated rings. The van der Waals surface area contributed by atoms with Crippen LogP contribution in [0.2, 0.25) is 0 Å². The molecule has 2 rings (SSSR count). The van der Waals surface area contributed by atoms with Crippen LogP contribution in [0.15, 0.2) is 24.3 Å². The van der Waals surface area contributed by atoms with Crippen molar-refractivity contribution < 1.29 is 22.4 Å². The fourth-order valence-electron chi connectivity index (χ4n) is 1.65. The molecule has 2 atom stereocenters. The molecule has 2 heterocycles.